The number of ether oxygens (including phenoxy) is 1. The average molecular weight is 375 g/mol. The molecule has 19 heavy (non-hydrogen) atoms. The predicted octanol–water partition coefficient (Wildman–Crippen LogP) is 4.15. The zero-order valence-electron chi connectivity index (χ0n) is 11.6. The van der Waals surface area contributed by atoms with Gasteiger partial charge in [0.25, 0.3) is 0 Å². The highest BCUT2D eigenvalue weighted by atomic mass is 127. The fourth-order valence-corrected chi connectivity index (χ4v) is 2.40. The number of rotatable bonds is 7. The summed E-state index contributed by atoms with van der Waals surface area (Å²) < 4.78 is 6.48. The van der Waals surface area contributed by atoms with Crippen LogP contribution in [0.15, 0.2) is 18.2 Å². The summed E-state index contributed by atoms with van der Waals surface area (Å²) in [4.78, 5) is 12.0. The second-order valence-electron chi connectivity index (χ2n) is 4.89. The minimum Gasteiger partial charge on any atom is -0.462 e. The Hall–Kier alpha value is -0.780. The van der Waals surface area contributed by atoms with Gasteiger partial charge in [-0.25, -0.2) is 4.79 Å². The first-order chi connectivity index (χ1) is 9.06. The number of unbranched alkanes of at least 4 members (excludes halogenated alkanes) is 2. The van der Waals surface area contributed by atoms with Crippen LogP contribution in [-0.2, 0) is 4.74 Å². The summed E-state index contributed by atoms with van der Waals surface area (Å²) in [6, 6.07) is 5.37. The predicted molar refractivity (Wildman–Crippen MR) is 88.0 cm³/mol. The Kier molecular flexibility index (Phi) is 7.20. The first kappa shape index (κ1) is 16.3. The van der Waals surface area contributed by atoms with E-state index in [1.807, 2.05) is 19.9 Å². The number of benzene rings is 1. The van der Waals surface area contributed by atoms with Gasteiger partial charge in [0.1, 0.15) is 0 Å². The molecule has 106 valence electrons. The number of nitrogens with two attached hydrogens (primary N) is 1. The van der Waals surface area contributed by atoms with Crippen molar-refractivity contribution in [2.45, 2.75) is 39.0 Å². The molecule has 0 aliphatic heterocycles. The molecule has 0 unspecified atom stereocenters. The molecule has 0 aliphatic carbocycles. The Morgan fingerprint density at radius 1 is 1.32 bits per heavy atom. The standard InChI is InChI=1S/C15H22INO2/c1-11(2)14-10-12(17)6-7-13(14)15(18)19-9-5-3-4-8-16/h6-7,10-11H,3-5,8-9,17H2,1-2H3. The van der Waals surface area contributed by atoms with E-state index in [-0.39, 0.29) is 11.9 Å². The molecule has 0 aromatic heterocycles. The lowest BCUT2D eigenvalue weighted by Gasteiger charge is -2.13. The average Bonchev–Trinajstić information content (AvgIpc) is 2.38. The van der Waals surface area contributed by atoms with Gasteiger partial charge in [0.05, 0.1) is 12.2 Å². The Balaban J connectivity index is 2.61. The van der Waals surface area contributed by atoms with Crippen LogP contribution in [0.1, 0.15) is 54.9 Å². The molecule has 0 saturated heterocycles. The van der Waals surface area contributed by atoms with Crippen LogP contribution in [0.5, 0.6) is 0 Å². The van der Waals surface area contributed by atoms with E-state index in [1.165, 1.54) is 6.42 Å². The molecule has 0 aliphatic rings. The van der Waals surface area contributed by atoms with Crippen molar-refractivity contribution in [1.29, 1.82) is 0 Å². The first-order valence-corrected chi connectivity index (χ1v) is 8.21. The van der Waals surface area contributed by atoms with Gasteiger partial charge in [-0.3, -0.25) is 0 Å². The van der Waals surface area contributed by atoms with Gasteiger partial charge in [0.2, 0.25) is 0 Å². The number of carbonyl (C=O) groups excluding carboxylic acids is 1. The zero-order valence-corrected chi connectivity index (χ0v) is 13.8. The summed E-state index contributed by atoms with van der Waals surface area (Å²) in [5, 5.41) is 0. The third-order valence-corrected chi connectivity index (χ3v) is 3.69. The smallest absolute Gasteiger partial charge is 0.338 e. The number of esters is 1. The summed E-state index contributed by atoms with van der Waals surface area (Å²) >= 11 is 2.36. The zero-order chi connectivity index (χ0) is 14.3. The van der Waals surface area contributed by atoms with Gasteiger partial charge in [0.15, 0.2) is 0 Å². The van der Waals surface area contributed by atoms with E-state index in [2.05, 4.69) is 22.6 Å². The maximum absolute atomic E-state index is 12.0. The highest BCUT2D eigenvalue weighted by molar-refractivity contribution is 14.1. The van der Waals surface area contributed by atoms with E-state index in [1.54, 1.807) is 12.1 Å². The van der Waals surface area contributed by atoms with Gasteiger partial charge in [-0.2, -0.15) is 0 Å². The number of halogens is 1. The fourth-order valence-electron chi connectivity index (χ4n) is 1.86. The molecular formula is C15H22INO2. The molecule has 0 bridgehead atoms. The molecule has 0 atom stereocenters. The molecule has 4 heteroatoms. The van der Waals surface area contributed by atoms with E-state index in [0.717, 1.165) is 22.8 Å². The molecule has 0 saturated carbocycles. The van der Waals surface area contributed by atoms with Crippen LogP contribution in [0, 0.1) is 0 Å². The number of hydrogen-bond acceptors (Lipinski definition) is 3. The molecule has 0 amide bonds. The number of carbonyl (C=O) groups is 1. The summed E-state index contributed by atoms with van der Waals surface area (Å²) in [5.74, 6) is 0.0169. The number of nitrogen functional groups attached to an aromatic ring is 1. The normalized spacial score (nSPS) is 10.7. The van der Waals surface area contributed by atoms with Crippen LogP contribution in [0.25, 0.3) is 0 Å². The summed E-state index contributed by atoms with van der Waals surface area (Å²) in [6.45, 7) is 4.59. The highest BCUT2D eigenvalue weighted by Crippen LogP contribution is 2.23. The molecule has 0 radical (unpaired) electrons. The van der Waals surface area contributed by atoms with Crippen LogP contribution in [0.3, 0.4) is 0 Å². The summed E-state index contributed by atoms with van der Waals surface area (Å²) in [7, 11) is 0. The molecule has 2 N–H and O–H groups in total. The SMILES string of the molecule is CC(C)c1cc(N)ccc1C(=O)OCCCCCI. The lowest BCUT2D eigenvalue weighted by Crippen LogP contribution is -2.10. The van der Waals surface area contributed by atoms with Gasteiger partial charge in [-0.15, -0.1) is 0 Å². The molecular weight excluding hydrogens is 353 g/mol. The van der Waals surface area contributed by atoms with E-state index in [4.69, 9.17) is 10.5 Å². The highest BCUT2D eigenvalue weighted by Gasteiger charge is 2.15. The Bertz CT molecular complexity index is 419. The first-order valence-electron chi connectivity index (χ1n) is 6.68. The van der Waals surface area contributed by atoms with Crippen LogP contribution < -0.4 is 5.73 Å². The van der Waals surface area contributed by atoms with Crippen molar-refractivity contribution in [2.75, 3.05) is 16.8 Å². The minimum atomic E-state index is -0.238. The van der Waals surface area contributed by atoms with Gasteiger partial charge >= 0.3 is 5.97 Å². The Morgan fingerprint density at radius 3 is 2.68 bits per heavy atom. The molecule has 1 aromatic carbocycles. The topological polar surface area (TPSA) is 52.3 Å². The number of hydrogen-bond donors (Lipinski definition) is 1. The molecule has 0 heterocycles. The third-order valence-electron chi connectivity index (χ3n) is 2.93. The maximum atomic E-state index is 12.0. The second-order valence-corrected chi connectivity index (χ2v) is 5.97. The molecule has 0 spiro atoms. The van der Waals surface area contributed by atoms with Crippen molar-refractivity contribution in [2.24, 2.45) is 0 Å². The van der Waals surface area contributed by atoms with Crippen molar-refractivity contribution >= 4 is 34.2 Å². The van der Waals surface area contributed by atoms with Crippen LogP contribution in [-0.4, -0.2) is 17.0 Å². The number of alkyl halides is 1. The van der Waals surface area contributed by atoms with Crippen LogP contribution in [0.4, 0.5) is 5.69 Å². The van der Waals surface area contributed by atoms with Crippen molar-refractivity contribution in [1.82, 2.24) is 0 Å². The van der Waals surface area contributed by atoms with Crippen molar-refractivity contribution in [3.8, 4) is 0 Å². The molecule has 3 nitrogen and oxygen atoms in total. The third kappa shape index (κ3) is 5.38. The van der Waals surface area contributed by atoms with Crippen LogP contribution >= 0.6 is 22.6 Å². The van der Waals surface area contributed by atoms with Gasteiger partial charge < -0.3 is 10.5 Å². The summed E-state index contributed by atoms with van der Waals surface area (Å²) in [6.07, 6.45) is 3.22. The van der Waals surface area contributed by atoms with Crippen LogP contribution in [0.2, 0.25) is 0 Å². The Morgan fingerprint density at radius 2 is 2.05 bits per heavy atom. The monoisotopic (exact) mass is 375 g/mol. The molecule has 1 rings (SSSR count). The molecule has 0 fully saturated rings. The van der Waals surface area contributed by atoms with E-state index in [9.17, 15) is 4.79 Å². The lowest BCUT2D eigenvalue weighted by atomic mass is 9.96. The van der Waals surface area contributed by atoms with E-state index in [0.29, 0.717) is 17.9 Å². The van der Waals surface area contributed by atoms with Crippen molar-refractivity contribution < 1.29 is 9.53 Å². The Labute approximate surface area is 129 Å². The van der Waals surface area contributed by atoms with Gasteiger partial charge in [-0.1, -0.05) is 36.4 Å². The van der Waals surface area contributed by atoms with Gasteiger partial charge in [0, 0.05) is 5.69 Å². The molecule has 1 aromatic rings. The van der Waals surface area contributed by atoms with E-state index >= 15 is 0 Å². The minimum absolute atomic E-state index is 0.238. The maximum Gasteiger partial charge on any atom is 0.338 e. The van der Waals surface area contributed by atoms with E-state index < -0.39 is 0 Å². The van der Waals surface area contributed by atoms with Crippen molar-refractivity contribution in [3.63, 3.8) is 0 Å². The quantitative estimate of drug-likeness (QED) is 0.256. The lowest BCUT2D eigenvalue weighted by molar-refractivity contribution is 0.0496. The number of anilines is 1. The summed E-state index contributed by atoms with van der Waals surface area (Å²) in [5.41, 5.74) is 8.04. The van der Waals surface area contributed by atoms with Gasteiger partial charge in [-0.05, 0) is 53.4 Å². The largest absolute Gasteiger partial charge is 0.462 e. The fraction of sp³-hybridized carbons (Fsp3) is 0.533. The van der Waals surface area contributed by atoms with Crippen molar-refractivity contribution in [3.05, 3.63) is 29.3 Å². The second kappa shape index (κ2) is 8.40.